The summed E-state index contributed by atoms with van der Waals surface area (Å²) in [4.78, 5) is 56.5. The second kappa shape index (κ2) is 10.3. The summed E-state index contributed by atoms with van der Waals surface area (Å²) < 4.78 is 0. The highest BCUT2D eigenvalue weighted by Crippen LogP contribution is 2.42. The molecule has 3 aliphatic heterocycles. The van der Waals surface area contributed by atoms with Crippen LogP contribution in [0.1, 0.15) is 117 Å². The second-order valence-corrected chi connectivity index (χ2v) is 13.3. The molecule has 6 atom stereocenters. The zero-order chi connectivity index (χ0) is 30.2. The van der Waals surface area contributed by atoms with Crippen molar-refractivity contribution >= 4 is 34.4 Å². The summed E-state index contributed by atoms with van der Waals surface area (Å²) >= 11 is 0. The van der Waals surface area contributed by atoms with E-state index in [0.29, 0.717) is 44.9 Å². The molecular formula is C33H44N4O4. The summed E-state index contributed by atoms with van der Waals surface area (Å²) in [6, 6.07) is 6.47. The van der Waals surface area contributed by atoms with Crippen LogP contribution < -0.4 is 0 Å². The third-order valence-corrected chi connectivity index (χ3v) is 10.3. The molecule has 1 fully saturated rings. The van der Waals surface area contributed by atoms with Crippen molar-refractivity contribution in [3.8, 4) is 0 Å². The van der Waals surface area contributed by atoms with Gasteiger partial charge in [0.1, 0.15) is 0 Å². The first-order valence-electron chi connectivity index (χ1n) is 15.1. The van der Waals surface area contributed by atoms with Gasteiger partial charge in [-0.15, -0.1) is 0 Å². The molecule has 0 radical (unpaired) electrons. The van der Waals surface area contributed by atoms with E-state index in [1.165, 1.54) is 10.0 Å². The Bertz CT molecular complexity index is 1350. The van der Waals surface area contributed by atoms with Crippen LogP contribution in [0.15, 0.2) is 24.3 Å². The Labute approximate surface area is 243 Å². The number of carbonyl (C=O) groups excluding carboxylic acids is 4. The fourth-order valence-electron chi connectivity index (χ4n) is 6.85. The van der Waals surface area contributed by atoms with E-state index in [-0.39, 0.29) is 36.0 Å². The van der Waals surface area contributed by atoms with Gasteiger partial charge in [0.15, 0.2) is 0 Å². The Balaban J connectivity index is 1.65. The average molecular weight is 561 g/mol. The monoisotopic (exact) mass is 560 g/mol. The van der Waals surface area contributed by atoms with Crippen molar-refractivity contribution in [1.29, 1.82) is 0 Å². The number of nitrogens with zero attached hydrogens (tertiary/aromatic N) is 4. The van der Waals surface area contributed by atoms with Crippen molar-refractivity contribution in [2.45, 2.75) is 99.8 Å². The normalized spacial score (nSPS) is 26.7. The van der Waals surface area contributed by atoms with Crippen LogP contribution in [0.4, 0.5) is 0 Å². The van der Waals surface area contributed by atoms with Crippen LogP contribution in [0, 0.1) is 23.7 Å². The van der Waals surface area contributed by atoms with Gasteiger partial charge in [-0.2, -0.15) is 0 Å². The molecule has 6 unspecified atom stereocenters. The van der Waals surface area contributed by atoms with Crippen LogP contribution in [-0.2, 0) is 0 Å². The molecule has 0 saturated carbocycles. The van der Waals surface area contributed by atoms with Gasteiger partial charge in [0.05, 0.1) is 22.3 Å². The Morgan fingerprint density at radius 1 is 0.610 bits per heavy atom. The fraction of sp³-hybridized carbons (Fsp3) is 0.576. The SMILES string of the molecule is CC(C)C(C)N(C(C)C(C)C)N1C(=O)c2ccc3c4c(ccc(c24)C1=O)C(=O)N(N1C(C)C(C)CC(C)C1C)C3=O. The maximum Gasteiger partial charge on any atom is 0.276 e. The second-order valence-electron chi connectivity index (χ2n) is 13.3. The number of hydrogen-bond donors (Lipinski definition) is 0. The van der Waals surface area contributed by atoms with Gasteiger partial charge >= 0.3 is 0 Å². The summed E-state index contributed by atoms with van der Waals surface area (Å²) in [5.74, 6) is -0.647. The topological polar surface area (TPSA) is 81.2 Å². The number of hydrazine groups is 2. The molecule has 220 valence electrons. The summed E-state index contributed by atoms with van der Waals surface area (Å²) in [7, 11) is 0. The smallest absolute Gasteiger partial charge is 0.267 e. The number of imide groups is 2. The molecule has 8 heteroatoms. The predicted molar refractivity (Wildman–Crippen MR) is 159 cm³/mol. The molecule has 0 aromatic heterocycles. The van der Waals surface area contributed by atoms with Gasteiger partial charge in [0, 0.05) is 34.9 Å². The molecule has 3 aliphatic rings. The highest BCUT2D eigenvalue weighted by Gasteiger charge is 2.48. The van der Waals surface area contributed by atoms with Crippen LogP contribution in [-0.4, -0.2) is 67.8 Å². The Hall–Kier alpha value is -3.10. The average Bonchev–Trinajstić information content (AvgIpc) is 2.92. The number of carbonyl (C=O) groups is 4. The molecule has 0 spiro atoms. The Morgan fingerprint density at radius 3 is 1.29 bits per heavy atom. The van der Waals surface area contributed by atoms with Gasteiger partial charge in [-0.3, -0.25) is 19.2 Å². The van der Waals surface area contributed by atoms with E-state index in [1.54, 1.807) is 24.3 Å². The van der Waals surface area contributed by atoms with Crippen LogP contribution >= 0.6 is 0 Å². The minimum atomic E-state index is -0.422. The van der Waals surface area contributed by atoms with Crippen LogP contribution in [0.2, 0.25) is 0 Å². The Kier molecular flexibility index (Phi) is 7.40. The van der Waals surface area contributed by atoms with Crippen LogP contribution in [0.25, 0.3) is 10.8 Å². The molecular weight excluding hydrogens is 516 g/mol. The van der Waals surface area contributed by atoms with Gasteiger partial charge in [-0.1, -0.05) is 41.5 Å². The first kappa shape index (κ1) is 29.4. The van der Waals surface area contributed by atoms with Gasteiger partial charge in [0.2, 0.25) is 0 Å². The standard InChI is InChI=1S/C33H44N4O4/c1-16(2)20(7)34(21(8)17(3)4)36-30(38)24-11-13-26-29-27(14-12-25(28(24)29)31(36)39)33(41)37(32(26)40)35-22(9)18(5)15-19(6)23(35)10/h11-14,16-23H,15H2,1-10H3. The van der Waals surface area contributed by atoms with Crippen molar-refractivity contribution in [2.75, 3.05) is 0 Å². The van der Waals surface area contributed by atoms with E-state index in [2.05, 4.69) is 55.4 Å². The first-order chi connectivity index (χ1) is 19.2. The van der Waals surface area contributed by atoms with Crippen molar-refractivity contribution in [2.24, 2.45) is 23.7 Å². The molecule has 2 aromatic rings. The number of amides is 4. The first-order valence-corrected chi connectivity index (χ1v) is 15.1. The van der Waals surface area contributed by atoms with Crippen molar-refractivity contribution in [3.05, 3.63) is 46.5 Å². The largest absolute Gasteiger partial charge is 0.276 e. The summed E-state index contributed by atoms with van der Waals surface area (Å²) in [5.41, 5.74) is 1.38. The van der Waals surface area contributed by atoms with E-state index in [4.69, 9.17) is 0 Å². The van der Waals surface area contributed by atoms with Crippen LogP contribution in [0.3, 0.4) is 0 Å². The summed E-state index contributed by atoms with van der Waals surface area (Å²) in [6.07, 6.45) is 1.02. The zero-order valence-corrected chi connectivity index (χ0v) is 26.1. The third kappa shape index (κ3) is 4.24. The molecule has 4 amide bonds. The highest BCUT2D eigenvalue weighted by atomic mass is 16.2. The number of hydrogen-bond acceptors (Lipinski definition) is 6. The Morgan fingerprint density at radius 2 is 0.951 bits per heavy atom. The van der Waals surface area contributed by atoms with Crippen LogP contribution in [0.5, 0.6) is 0 Å². The van der Waals surface area contributed by atoms with Gasteiger partial charge in [-0.25, -0.2) is 20.0 Å². The molecule has 8 nitrogen and oxygen atoms in total. The third-order valence-electron chi connectivity index (χ3n) is 10.3. The maximum atomic E-state index is 14.1. The number of rotatable bonds is 6. The van der Waals surface area contributed by atoms with Gasteiger partial charge in [0.25, 0.3) is 23.6 Å². The van der Waals surface area contributed by atoms with Crippen molar-refractivity contribution < 1.29 is 19.2 Å². The molecule has 1 saturated heterocycles. The minimum Gasteiger partial charge on any atom is -0.267 e. The quantitative estimate of drug-likeness (QED) is 0.403. The molecule has 3 heterocycles. The van der Waals surface area contributed by atoms with Crippen molar-refractivity contribution in [3.63, 3.8) is 0 Å². The summed E-state index contributed by atoms with van der Waals surface area (Å²) in [6.45, 7) is 20.8. The van der Waals surface area contributed by atoms with Gasteiger partial charge in [-0.05, 0) is 82.1 Å². The summed E-state index contributed by atoms with van der Waals surface area (Å²) in [5, 5.41) is 7.29. The lowest BCUT2D eigenvalue weighted by Crippen LogP contribution is -2.63. The van der Waals surface area contributed by atoms with E-state index in [0.717, 1.165) is 6.42 Å². The molecule has 5 rings (SSSR count). The minimum absolute atomic E-state index is 0.00263. The lowest BCUT2D eigenvalue weighted by Gasteiger charge is -2.50. The number of benzene rings is 2. The van der Waals surface area contributed by atoms with E-state index >= 15 is 0 Å². The zero-order valence-electron chi connectivity index (χ0n) is 26.1. The predicted octanol–water partition coefficient (Wildman–Crippen LogP) is 6.01. The fourth-order valence-corrected chi connectivity index (χ4v) is 6.85. The van der Waals surface area contributed by atoms with Gasteiger partial charge < -0.3 is 0 Å². The number of piperidine rings is 1. The van der Waals surface area contributed by atoms with E-state index in [1.807, 2.05) is 23.9 Å². The molecule has 41 heavy (non-hydrogen) atoms. The lowest BCUT2D eigenvalue weighted by atomic mass is 9.81. The van der Waals surface area contributed by atoms with E-state index in [9.17, 15) is 19.2 Å². The van der Waals surface area contributed by atoms with E-state index < -0.39 is 23.6 Å². The maximum absolute atomic E-state index is 14.1. The molecule has 0 N–H and O–H groups in total. The molecule has 0 aliphatic carbocycles. The van der Waals surface area contributed by atoms with Crippen molar-refractivity contribution in [1.82, 2.24) is 20.0 Å². The lowest BCUT2D eigenvalue weighted by molar-refractivity contribution is -0.0930. The molecule has 2 aromatic carbocycles. The molecule has 0 bridgehead atoms. The highest BCUT2D eigenvalue weighted by molar-refractivity contribution is 6.33.